The highest BCUT2D eigenvalue weighted by Crippen LogP contribution is 2.20. The Balaban J connectivity index is 2.63. The van der Waals surface area contributed by atoms with Gasteiger partial charge in [0.25, 0.3) is 0 Å². The van der Waals surface area contributed by atoms with Crippen LogP contribution in [-0.4, -0.2) is 34.9 Å². The lowest BCUT2D eigenvalue weighted by molar-refractivity contribution is -0.118. The molecule has 0 aromatic heterocycles. The van der Waals surface area contributed by atoms with Gasteiger partial charge in [0, 0.05) is 17.5 Å². The lowest BCUT2D eigenvalue weighted by atomic mass is 9.92. The fraction of sp³-hybridized carbons (Fsp3) is 0.424. The predicted octanol–water partition coefficient (Wildman–Crippen LogP) is 6.65. The first kappa shape index (κ1) is 32.1. The molecule has 0 fully saturated rings. The second kappa shape index (κ2) is 17.5. The minimum atomic E-state index is -0.506. The van der Waals surface area contributed by atoms with E-state index in [1.54, 1.807) is 19.9 Å². The van der Waals surface area contributed by atoms with Crippen molar-refractivity contribution >= 4 is 5.91 Å². The molecule has 0 aliphatic carbocycles. The molecule has 0 bridgehead atoms. The first-order valence-electron chi connectivity index (χ1n) is 13.2. The number of aliphatic hydroxyl groups is 2. The Kier molecular flexibility index (Phi) is 15.2. The highest BCUT2D eigenvalue weighted by molar-refractivity contribution is 5.93. The standard InChI is InChI=1S/C33H47NO3/c1-24(14-10-8-11-15-27(4)33(37)34-30(7)23-35)20-26(3)22-29(6)32(36)28(5)21-25(2)18-19-31-16-12-9-13-17-31/h8-17,20-22,25,29-30,32,35-36H,18-19,23H2,1-7H3,(H,34,37)/t25-,29+,30-,32-/m0/s1. The van der Waals surface area contributed by atoms with Gasteiger partial charge in [-0.05, 0) is 64.5 Å². The minimum Gasteiger partial charge on any atom is -0.394 e. The van der Waals surface area contributed by atoms with Crippen LogP contribution < -0.4 is 5.32 Å². The summed E-state index contributed by atoms with van der Waals surface area (Å²) in [5.74, 6) is 0.234. The summed E-state index contributed by atoms with van der Waals surface area (Å²) in [6.07, 6.45) is 17.4. The van der Waals surface area contributed by atoms with Crippen LogP contribution in [0.1, 0.15) is 60.5 Å². The summed E-state index contributed by atoms with van der Waals surface area (Å²) < 4.78 is 0. The second-order valence-corrected chi connectivity index (χ2v) is 10.2. The number of aryl methyl sites for hydroxylation is 1. The van der Waals surface area contributed by atoms with Gasteiger partial charge in [-0.3, -0.25) is 4.79 Å². The average molecular weight is 506 g/mol. The summed E-state index contributed by atoms with van der Waals surface area (Å²) >= 11 is 0. The Bertz CT molecular complexity index is 1010. The lowest BCUT2D eigenvalue weighted by Gasteiger charge is -2.19. The Morgan fingerprint density at radius 1 is 0.946 bits per heavy atom. The van der Waals surface area contributed by atoms with E-state index in [1.165, 1.54) is 5.56 Å². The number of hydrogen-bond donors (Lipinski definition) is 3. The molecule has 0 unspecified atom stereocenters. The van der Waals surface area contributed by atoms with E-state index >= 15 is 0 Å². The summed E-state index contributed by atoms with van der Waals surface area (Å²) in [6, 6.07) is 10.3. The zero-order chi connectivity index (χ0) is 27.8. The highest BCUT2D eigenvalue weighted by atomic mass is 16.3. The Labute approximate surface area is 224 Å². The summed E-state index contributed by atoms with van der Waals surface area (Å²) in [5.41, 5.74) is 5.15. The summed E-state index contributed by atoms with van der Waals surface area (Å²) in [6.45, 7) is 13.8. The molecular weight excluding hydrogens is 458 g/mol. The van der Waals surface area contributed by atoms with Gasteiger partial charge in [-0.1, -0.05) is 104 Å². The van der Waals surface area contributed by atoms with Gasteiger partial charge in [0.2, 0.25) is 5.91 Å². The molecule has 0 saturated carbocycles. The number of rotatable bonds is 14. The molecule has 1 amide bonds. The number of amides is 1. The van der Waals surface area contributed by atoms with Gasteiger partial charge >= 0.3 is 0 Å². The molecule has 4 atom stereocenters. The molecule has 37 heavy (non-hydrogen) atoms. The first-order chi connectivity index (χ1) is 17.5. The SMILES string of the molecule is CC(C=CC=CC=C(C)C(=O)N[C@@H](C)CO)=CC(C)=C[C@@H](C)[C@@H](O)C(C)=C[C@@H](C)CCc1ccccc1. The van der Waals surface area contributed by atoms with E-state index in [-0.39, 0.29) is 24.5 Å². The third kappa shape index (κ3) is 13.8. The van der Waals surface area contributed by atoms with Crippen molar-refractivity contribution in [3.63, 3.8) is 0 Å². The van der Waals surface area contributed by atoms with Crippen LogP contribution in [0.25, 0.3) is 0 Å². The van der Waals surface area contributed by atoms with E-state index in [4.69, 9.17) is 5.11 Å². The van der Waals surface area contributed by atoms with Gasteiger partial charge in [0.15, 0.2) is 0 Å². The molecule has 4 heteroatoms. The number of nitrogens with one attached hydrogen (secondary N) is 1. The van der Waals surface area contributed by atoms with Crippen molar-refractivity contribution in [2.75, 3.05) is 6.61 Å². The predicted molar refractivity (Wildman–Crippen MR) is 157 cm³/mol. The number of hydrogen-bond acceptors (Lipinski definition) is 3. The maximum Gasteiger partial charge on any atom is 0.247 e. The number of carbonyl (C=O) groups excluding carboxylic acids is 1. The van der Waals surface area contributed by atoms with E-state index in [9.17, 15) is 9.90 Å². The van der Waals surface area contributed by atoms with Crippen LogP contribution >= 0.6 is 0 Å². The number of allylic oxidation sites excluding steroid dienone is 9. The molecule has 0 heterocycles. The maximum atomic E-state index is 11.9. The molecule has 1 rings (SSSR count). The van der Waals surface area contributed by atoms with E-state index in [1.807, 2.05) is 51.1 Å². The molecule has 0 aliphatic heterocycles. The molecule has 4 nitrogen and oxygen atoms in total. The summed E-state index contributed by atoms with van der Waals surface area (Å²) in [7, 11) is 0. The van der Waals surface area contributed by atoms with Gasteiger partial charge in [0.05, 0.1) is 12.7 Å². The topological polar surface area (TPSA) is 69.6 Å². The number of benzene rings is 1. The fourth-order valence-corrected chi connectivity index (χ4v) is 3.98. The Morgan fingerprint density at radius 2 is 1.62 bits per heavy atom. The van der Waals surface area contributed by atoms with E-state index in [2.05, 4.69) is 61.7 Å². The van der Waals surface area contributed by atoms with Crippen LogP contribution in [0.2, 0.25) is 0 Å². The van der Waals surface area contributed by atoms with Crippen LogP contribution in [0.3, 0.4) is 0 Å². The van der Waals surface area contributed by atoms with E-state index in [0.717, 1.165) is 29.6 Å². The Hall–Kier alpha value is -2.95. The first-order valence-corrected chi connectivity index (χ1v) is 13.2. The van der Waals surface area contributed by atoms with Crippen molar-refractivity contribution in [2.45, 2.75) is 73.5 Å². The molecule has 0 saturated heterocycles. The highest BCUT2D eigenvalue weighted by Gasteiger charge is 2.15. The van der Waals surface area contributed by atoms with Crippen molar-refractivity contribution in [3.05, 3.63) is 107 Å². The van der Waals surface area contributed by atoms with Gasteiger partial charge in [-0.25, -0.2) is 0 Å². The van der Waals surface area contributed by atoms with Gasteiger partial charge in [-0.2, -0.15) is 0 Å². The molecule has 1 aromatic rings. The monoisotopic (exact) mass is 505 g/mol. The molecule has 1 aromatic carbocycles. The third-order valence-electron chi connectivity index (χ3n) is 6.16. The normalized spacial score (nSPS) is 17.2. The smallest absolute Gasteiger partial charge is 0.247 e. The van der Waals surface area contributed by atoms with Crippen LogP contribution in [0.4, 0.5) is 0 Å². The van der Waals surface area contributed by atoms with Crippen LogP contribution in [0, 0.1) is 11.8 Å². The van der Waals surface area contributed by atoms with Crippen molar-refractivity contribution in [2.24, 2.45) is 11.8 Å². The third-order valence-corrected chi connectivity index (χ3v) is 6.16. The van der Waals surface area contributed by atoms with Gasteiger partial charge in [-0.15, -0.1) is 0 Å². The summed E-state index contributed by atoms with van der Waals surface area (Å²) in [5, 5.41) is 22.6. The van der Waals surface area contributed by atoms with Crippen LogP contribution in [-0.2, 0) is 11.2 Å². The van der Waals surface area contributed by atoms with Crippen LogP contribution in [0.5, 0.6) is 0 Å². The lowest BCUT2D eigenvalue weighted by Crippen LogP contribution is -2.35. The second-order valence-electron chi connectivity index (χ2n) is 10.2. The Morgan fingerprint density at radius 3 is 2.27 bits per heavy atom. The fourth-order valence-electron chi connectivity index (χ4n) is 3.98. The zero-order valence-electron chi connectivity index (χ0n) is 23.7. The quantitative estimate of drug-likeness (QED) is 0.151. The number of aliphatic hydroxyl groups excluding tert-OH is 2. The molecular formula is C33H47NO3. The molecule has 0 aliphatic rings. The minimum absolute atomic E-state index is 0.0123. The van der Waals surface area contributed by atoms with Gasteiger partial charge < -0.3 is 15.5 Å². The summed E-state index contributed by atoms with van der Waals surface area (Å²) in [4.78, 5) is 11.9. The largest absolute Gasteiger partial charge is 0.394 e. The zero-order valence-corrected chi connectivity index (χ0v) is 23.7. The van der Waals surface area contributed by atoms with Crippen LogP contribution in [0.15, 0.2) is 101 Å². The average Bonchev–Trinajstić information content (AvgIpc) is 2.86. The van der Waals surface area contributed by atoms with E-state index < -0.39 is 6.10 Å². The van der Waals surface area contributed by atoms with Crippen molar-refractivity contribution < 1.29 is 15.0 Å². The molecule has 202 valence electrons. The van der Waals surface area contributed by atoms with Gasteiger partial charge in [0.1, 0.15) is 0 Å². The molecule has 3 N–H and O–H groups in total. The van der Waals surface area contributed by atoms with Crippen molar-refractivity contribution in [3.8, 4) is 0 Å². The number of carbonyl (C=O) groups is 1. The van der Waals surface area contributed by atoms with Crippen molar-refractivity contribution in [1.82, 2.24) is 5.32 Å². The molecule has 0 radical (unpaired) electrons. The van der Waals surface area contributed by atoms with E-state index in [0.29, 0.717) is 11.5 Å². The van der Waals surface area contributed by atoms with Crippen molar-refractivity contribution in [1.29, 1.82) is 0 Å². The molecule has 0 spiro atoms. The maximum absolute atomic E-state index is 11.9.